The number of nitrogens with one attached hydrogen (secondary N) is 1. The van der Waals surface area contributed by atoms with Crippen LogP contribution in [0.3, 0.4) is 0 Å². The summed E-state index contributed by atoms with van der Waals surface area (Å²) in [5.41, 5.74) is 3.70. The van der Waals surface area contributed by atoms with E-state index in [2.05, 4.69) is 34.5 Å². The molecule has 4 heteroatoms. The van der Waals surface area contributed by atoms with Crippen LogP contribution in [0.2, 0.25) is 0 Å². The minimum atomic E-state index is 0.104. The van der Waals surface area contributed by atoms with E-state index in [-0.39, 0.29) is 5.91 Å². The Labute approximate surface area is 118 Å². The van der Waals surface area contributed by atoms with Crippen molar-refractivity contribution in [2.75, 3.05) is 13.1 Å². The third-order valence-electron chi connectivity index (χ3n) is 4.09. The lowest BCUT2D eigenvalue weighted by Crippen LogP contribution is -2.29. The largest absolute Gasteiger partial charge is 0.338 e. The molecule has 3 rings (SSSR count). The third kappa shape index (κ3) is 2.22. The molecule has 20 heavy (non-hydrogen) atoms. The SMILES string of the molecule is Cc1n[nH]c(C)c1C(=O)N1CCC(c2ccccc2)C1. The van der Waals surface area contributed by atoms with E-state index >= 15 is 0 Å². The van der Waals surface area contributed by atoms with Crippen molar-refractivity contribution in [3.8, 4) is 0 Å². The Balaban J connectivity index is 1.76. The van der Waals surface area contributed by atoms with Crippen LogP contribution >= 0.6 is 0 Å². The normalized spacial score (nSPS) is 18.5. The molecule has 1 atom stereocenters. The number of H-pyrrole nitrogens is 1. The molecule has 0 spiro atoms. The minimum absolute atomic E-state index is 0.104. The van der Waals surface area contributed by atoms with Crippen LogP contribution in [0.25, 0.3) is 0 Å². The second-order valence-electron chi connectivity index (χ2n) is 5.46. The first-order chi connectivity index (χ1) is 9.66. The van der Waals surface area contributed by atoms with Gasteiger partial charge in [0.25, 0.3) is 5.91 Å². The molecule has 0 bridgehead atoms. The summed E-state index contributed by atoms with van der Waals surface area (Å²) in [5.74, 6) is 0.555. The number of rotatable bonds is 2. The number of amides is 1. The number of hydrogen-bond donors (Lipinski definition) is 1. The summed E-state index contributed by atoms with van der Waals surface area (Å²) >= 11 is 0. The molecule has 1 aliphatic heterocycles. The van der Waals surface area contributed by atoms with E-state index in [1.807, 2.05) is 24.8 Å². The Morgan fingerprint density at radius 2 is 2.05 bits per heavy atom. The Morgan fingerprint density at radius 1 is 1.30 bits per heavy atom. The average molecular weight is 269 g/mol. The second-order valence-corrected chi connectivity index (χ2v) is 5.46. The number of hydrogen-bond acceptors (Lipinski definition) is 2. The number of aromatic nitrogens is 2. The van der Waals surface area contributed by atoms with E-state index in [0.29, 0.717) is 5.92 Å². The van der Waals surface area contributed by atoms with Crippen molar-refractivity contribution in [2.24, 2.45) is 0 Å². The molecule has 1 aliphatic rings. The van der Waals surface area contributed by atoms with Gasteiger partial charge >= 0.3 is 0 Å². The second kappa shape index (κ2) is 5.12. The van der Waals surface area contributed by atoms with Crippen molar-refractivity contribution in [1.82, 2.24) is 15.1 Å². The van der Waals surface area contributed by atoms with Gasteiger partial charge in [-0.25, -0.2) is 0 Å². The van der Waals surface area contributed by atoms with Crippen LogP contribution < -0.4 is 0 Å². The minimum Gasteiger partial charge on any atom is -0.338 e. The van der Waals surface area contributed by atoms with Crippen LogP contribution in [-0.2, 0) is 0 Å². The zero-order valence-corrected chi connectivity index (χ0v) is 11.9. The lowest BCUT2D eigenvalue weighted by molar-refractivity contribution is 0.0789. The van der Waals surface area contributed by atoms with Crippen LogP contribution in [0.5, 0.6) is 0 Å². The van der Waals surface area contributed by atoms with Gasteiger partial charge in [-0.05, 0) is 25.8 Å². The van der Waals surface area contributed by atoms with E-state index < -0.39 is 0 Å². The zero-order chi connectivity index (χ0) is 14.1. The van der Waals surface area contributed by atoms with Crippen molar-refractivity contribution in [2.45, 2.75) is 26.2 Å². The molecule has 1 N–H and O–H groups in total. The van der Waals surface area contributed by atoms with Crippen LogP contribution in [-0.4, -0.2) is 34.1 Å². The maximum absolute atomic E-state index is 12.6. The van der Waals surface area contributed by atoms with Gasteiger partial charge in [-0.3, -0.25) is 9.89 Å². The molecule has 104 valence electrons. The molecule has 2 aromatic rings. The molecule has 1 saturated heterocycles. The molecule has 0 saturated carbocycles. The van der Waals surface area contributed by atoms with Crippen molar-refractivity contribution < 1.29 is 4.79 Å². The lowest BCUT2D eigenvalue weighted by Gasteiger charge is -2.17. The molecule has 0 aliphatic carbocycles. The monoisotopic (exact) mass is 269 g/mol. The Bertz CT molecular complexity index is 598. The number of aryl methyl sites for hydroxylation is 2. The summed E-state index contributed by atoms with van der Waals surface area (Å²) in [4.78, 5) is 14.5. The Hall–Kier alpha value is -2.10. The van der Waals surface area contributed by atoms with Gasteiger partial charge in [0.1, 0.15) is 0 Å². The highest BCUT2D eigenvalue weighted by Gasteiger charge is 2.29. The topological polar surface area (TPSA) is 49.0 Å². The first-order valence-corrected chi connectivity index (χ1v) is 7.02. The maximum atomic E-state index is 12.6. The smallest absolute Gasteiger partial charge is 0.257 e. The first-order valence-electron chi connectivity index (χ1n) is 7.02. The number of aromatic amines is 1. The lowest BCUT2D eigenvalue weighted by atomic mass is 9.99. The molecule has 1 unspecified atom stereocenters. The van der Waals surface area contributed by atoms with E-state index in [1.165, 1.54) is 5.56 Å². The predicted octanol–water partition coefficient (Wildman–Crippen LogP) is 2.66. The molecule has 1 aromatic carbocycles. The highest BCUT2D eigenvalue weighted by Crippen LogP contribution is 2.28. The van der Waals surface area contributed by atoms with Gasteiger partial charge in [-0.15, -0.1) is 0 Å². The number of carbonyl (C=O) groups excluding carboxylic acids is 1. The summed E-state index contributed by atoms with van der Waals surface area (Å²) in [7, 11) is 0. The van der Waals surface area contributed by atoms with Crippen LogP contribution in [0.1, 0.15) is 39.6 Å². The van der Waals surface area contributed by atoms with Crippen LogP contribution in [0, 0.1) is 13.8 Å². The average Bonchev–Trinajstić information content (AvgIpc) is 3.07. The van der Waals surface area contributed by atoms with Gasteiger partial charge in [-0.2, -0.15) is 5.10 Å². The fraction of sp³-hybridized carbons (Fsp3) is 0.375. The summed E-state index contributed by atoms with van der Waals surface area (Å²) in [6.45, 7) is 5.40. The molecular weight excluding hydrogens is 250 g/mol. The molecular formula is C16H19N3O. The van der Waals surface area contributed by atoms with Gasteiger partial charge < -0.3 is 4.90 Å². The zero-order valence-electron chi connectivity index (χ0n) is 11.9. The van der Waals surface area contributed by atoms with E-state index in [0.717, 1.165) is 36.5 Å². The number of carbonyl (C=O) groups is 1. The van der Waals surface area contributed by atoms with E-state index in [9.17, 15) is 4.79 Å². The van der Waals surface area contributed by atoms with E-state index in [4.69, 9.17) is 0 Å². The fourth-order valence-electron chi connectivity index (χ4n) is 2.97. The van der Waals surface area contributed by atoms with Gasteiger partial charge in [0.15, 0.2) is 0 Å². The first kappa shape index (κ1) is 12.9. The highest BCUT2D eigenvalue weighted by molar-refractivity contribution is 5.96. The quantitative estimate of drug-likeness (QED) is 0.911. The predicted molar refractivity (Wildman–Crippen MR) is 77.8 cm³/mol. The molecule has 1 amide bonds. The summed E-state index contributed by atoms with van der Waals surface area (Å²) < 4.78 is 0. The van der Waals surface area contributed by atoms with Gasteiger partial charge in [-0.1, -0.05) is 30.3 Å². The third-order valence-corrected chi connectivity index (χ3v) is 4.09. The summed E-state index contributed by atoms with van der Waals surface area (Å²) in [6.07, 6.45) is 1.03. The van der Waals surface area contributed by atoms with Gasteiger partial charge in [0, 0.05) is 24.7 Å². The molecule has 1 fully saturated rings. The van der Waals surface area contributed by atoms with Crippen molar-refractivity contribution in [3.63, 3.8) is 0 Å². The summed E-state index contributed by atoms with van der Waals surface area (Å²) in [5, 5.41) is 7.00. The van der Waals surface area contributed by atoms with Crippen molar-refractivity contribution in [1.29, 1.82) is 0 Å². The molecule has 1 aromatic heterocycles. The molecule has 4 nitrogen and oxygen atoms in total. The molecule has 0 radical (unpaired) electrons. The highest BCUT2D eigenvalue weighted by atomic mass is 16.2. The Kier molecular flexibility index (Phi) is 3.30. The van der Waals surface area contributed by atoms with E-state index in [1.54, 1.807) is 0 Å². The standard InChI is InChI=1S/C16H19N3O/c1-11-15(12(2)18-17-11)16(20)19-9-8-14(10-19)13-6-4-3-5-7-13/h3-7,14H,8-10H2,1-2H3,(H,17,18). The Morgan fingerprint density at radius 3 is 2.70 bits per heavy atom. The maximum Gasteiger partial charge on any atom is 0.257 e. The fourth-order valence-corrected chi connectivity index (χ4v) is 2.97. The summed E-state index contributed by atoms with van der Waals surface area (Å²) in [6, 6.07) is 10.4. The van der Waals surface area contributed by atoms with Gasteiger partial charge in [0.05, 0.1) is 11.3 Å². The van der Waals surface area contributed by atoms with Crippen LogP contribution in [0.15, 0.2) is 30.3 Å². The van der Waals surface area contributed by atoms with Gasteiger partial charge in [0.2, 0.25) is 0 Å². The number of benzene rings is 1. The van der Waals surface area contributed by atoms with Crippen molar-refractivity contribution in [3.05, 3.63) is 52.8 Å². The number of nitrogens with zero attached hydrogens (tertiary/aromatic N) is 2. The molecule has 2 heterocycles. The van der Waals surface area contributed by atoms with Crippen molar-refractivity contribution >= 4 is 5.91 Å². The van der Waals surface area contributed by atoms with Crippen LogP contribution in [0.4, 0.5) is 0 Å². The number of likely N-dealkylation sites (tertiary alicyclic amines) is 1.